The number of Topliss-reactive ketones (excluding diaryl/α,β-unsaturated/α-hetero) is 1. The Morgan fingerprint density at radius 1 is 1.12 bits per heavy atom. The van der Waals surface area contributed by atoms with Gasteiger partial charge >= 0.3 is 0 Å². The van der Waals surface area contributed by atoms with Crippen LogP contribution in [0, 0.1) is 6.92 Å². The van der Waals surface area contributed by atoms with Gasteiger partial charge in [0.15, 0.2) is 17.3 Å². The molecule has 6 heteroatoms. The Morgan fingerprint density at radius 2 is 1.91 bits per heavy atom. The molecule has 4 rings (SSSR count). The van der Waals surface area contributed by atoms with Crippen LogP contribution >= 0.6 is 0 Å². The molecule has 0 aromatic heterocycles. The highest BCUT2D eigenvalue weighted by atomic mass is 16.5. The quantitative estimate of drug-likeness (QED) is 0.672. The third-order valence-electron chi connectivity index (χ3n) is 6.43. The van der Waals surface area contributed by atoms with Crippen LogP contribution in [0.15, 0.2) is 36.4 Å². The number of hydrogen-bond donors (Lipinski definition) is 0. The van der Waals surface area contributed by atoms with Crippen molar-refractivity contribution in [3.63, 3.8) is 0 Å². The van der Waals surface area contributed by atoms with E-state index >= 15 is 0 Å². The van der Waals surface area contributed by atoms with E-state index < -0.39 is 5.60 Å². The van der Waals surface area contributed by atoms with Crippen LogP contribution in [0.5, 0.6) is 17.2 Å². The normalized spacial score (nSPS) is 17.0. The van der Waals surface area contributed by atoms with Crippen LogP contribution in [0.1, 0.15) is 54.1 Å². The number of piperidine rings is 1. The van der Waals surface area contributed by atoms with Gasteiger partial charge in [-0.3, -0.25) is 9.59 Å². The highest BCUT2D eigenvalue weighted by molar-refractivity contribution is 6.00. The first-order valence-electron chi connectivity index (χ1n) is 11.3. The van der Waals surface area contributed by atoms with Crippen LogP contribution in [-0.4, -0.2) is 49.0 Å². The molecule has 1 spiro atoms. The van der Waals surface area contributed by atoms with Crippen LogP contribution in [0.4, 0.5) is 0 Å². The standard InChI is InChI=1S/C26H31NO5/c1-4-31-23-9-6-19(16-24(23)30-3)7-10-25(29)27-13-11-26(12-14-27)17-21(28)20-15-18(2)5-8-22(20)32-26/h5-6,8-9,15-16H,4,7,10-14,17H2,1-3H3. The molecule has 0 unspecified atom stereocenters. The molecule has 1 saturated heterocycles. The average Bonchev–Trinajstić information content (AvgIpc) is 2.79. The van der Waals surface area contributed by atoms with Gasteiger partial charge in [-0.15, -0.1) is 0 Å². The lowest BCUT2D eigenvalue weighted by Crippen LogP contribution is -2.52. The summed E-state index contributed by atoms with van der Waals surface area (Å²) in [6, 6.07) is 11.6. The fourth-order valence-corrected chi connectivity index (χ4v) is 4.60. The van der Waals surface area contributed by atoms with Crippen LogP contribution in [-0.2, 0) is 11.2 Å². The van der Waals surface area contributed by atoms with E-state index in [2.05, 4.69) is 0 Å². The average molecular weight is 438 g/mol. The first-order chi connectivity index (χ1) is 15.4. The van der Waals surface area contributed by atoms with Crippen molar-refractivity contribution >= 4 is 11.7 Å². The topological polar surface area (TPSA) is 65.1 Å². The first-order valence-corrected chi connectivity index (χ1v) is 11.3. The van der Waals surface area contributed by atoms with Crippen LogP contribution < -0.4 is 14.2 Å². The zero-order valence-corrected chi connectivity index (χ0v) is 19.1. The fraction of sp³-hybridized carbons (Fsp3) is 0.462. The number of nitrogens with zero attached hydrogens (tertiary/aromatic N) is 1. The fourth-order valence-electron chi connectivity index (χ4n) is 4.60. The summed E-state index contributed by atoms with van der Waals surface area (Å²) in [7, 11) is 1.62. The molecule has 170 valence electrons. The number of fused-ring (bicyclic) bond motifs is 1. The van der Waals surface area contributed by atoms with Crippen molar-refractivity contribution in [2.45, 2.75) is 51.6 Å². The highest BCUT2D eigenvalue weighted by Gasteiger charge is 2.43. The number of likely N-dealkylation sites (tertiary alicyclic amines) is 1. The molecular weight excluding hydrogens is 406 g/mol. The summed E-state index contributed by atoms with van der Waals surface area (Å²) in [5.74, 6) is 2.34. The van der Waals surface area contributed by atoms with Crippen LogP contribution in [0.2, 0.25) is 0 Å². The number of ketones is 1. The Kier molecular flexibility index (Phi) is 6.40. The minimum atomic E-state index is -0.488. The molecule has 0 N–H and O–H groups in total. The van der Waals surface area contributed by atoms with Gasteiger partial charge in [-0.1, -0.05) is 17.7 Å². The van der Waals surface area contributed by atoms with Crippen molar-refractivity contribution in [3.05, 3.63) is 53.1 Å². The summed E-state index contributed by atoms with van der Waals surface area (Å²) in [5.41, 5.74) is 2.29. The minimum Gasteiger partial charge on any atom is -0.493 e. The number of methoxy groups -OCH3 is 1. The number of benzene rings is 2. The van der Waals surface area contributed by atoms with Gasteiger partial charge in [-0.2, -0.15) is 0 Å². The van der Waals surface area contributed by atoms with Crippen molar-refractivity contribution in [3.8, 4) is 17.2 Å². The summed E-state index contributed by atoms with van der Waals surface area (Å²) in [6.07, 6.45) is 2.82. The van der Waals surface area contributed by atoms with Gasteiger partial charge in [0.1, 0.15) is 11.4 Å². The maximum atomic E-state index is 12.8. The van der Waals surface area contributed by atoms with E-state index in [1.165, 1.54) is 0 Å². The molecule has 2 heterocycles. The molecule has 0 aliphatic carbocycles. The maximum Gasteiger partial charge on any atom is 0.222 e. The molecule has 0 atom stereocenters. The summed E-state index contributed by atoms with van der Waals surface area (Å²) in [6.45, 7) is 5.71. The molecular formula is C26H31NO5. The van der Waals surface area contributed by atoms with Gasteiger partial charge in [-0.05, 0) is 50.1 Å². The van der Waals surface area contributed by atoms with Gasteiger partial charge < -0.3 is 19.1 Å². The predicted octanol–water partition coefficient (Wildman–Crippen LogP) is 4.36. The number of amides is 1. The zero-order valence-electron chi connectivity index (χ0n) is 19.1. The summed E-state index contributed by atoms with van der Waals surface area (Å²) < 4.78 is 17.3. The first kappa shape index (κ1) is 22.2. The third-order valence-corrected chi connectivity index (χ3v) is 6.43. The van der Waals surface area contributed by atoms with Crippen molar-refractivity contribution in [1.82, 2.24) is 4.90 Å². The molecule has 2 aromatic rings. The molecule has 1 fully saturated rings. The van der Waals surface area contributed by atoms with Crippen LogP contribution in [0.3, 0.4) is 0 Å². The monoisotopic (exact) mass is 437 g/mol. The molecule has 1 amide bonds. The molecule has 32 heavy (non-hydrogen) atoms. The van der Waals surface area contributed by atoms with Crippen LogP contribution in [0.25, 0.3) is 0 Å². The van der Waals surface area contributed by atoms with Gasteiger partial charge in [-0.25, -0.2) is 0 Å². The van der Waals surface area contributed by atoms with E-state index in [1.54, 1.807) is 7.11 Å². The number of rotatable bonds is 6. The minimum absolute atomic E-state index is 0.130. The number of carbonyl (C=O) groups excluding carboxylic acids is 2. The second-order valence-electron chi connectivity index (χ2n) is 8.68. The summed E-state index contributed by atoms with van der Waals surface area (Å²) in [4.78, 5) is 27.5. The molecule has 0 saturated carbocycles. The lowest BCUT2D eigenvalue weighted by Gasteiger charge is -2.44. The van der Waals surface area contributed by atoms with Gasteiger partial charge in [0.25, 0.3) is 0 Å². The highest BCUT2D eigenvalue weighted by Crippen LogP contribution is 2.39. The molecule has 2 aliphatic heterocycles. The Balaban J connectivity index is 1.33. The number of ether oxygens (including phenoxy) is 3. The molecule has 6 nitrogen and oxygen atoms in total. The molecule has 2 aliphatic rings. The van der Waals surface area contributed by atoms with Gasteiger partial charge in [0, 0.05) is 32.4 Å². The summed E-state index contributed by atoms with van der Waals surface area (Å²) >= 11 is 0. The molecule has 0 bridgehead atoms. The molecule has 2 aromatic carbocycles. The lowest BCUT2D eigenvalue weighted by molar-refractivity contribution is -0.134. The molecule has 0 radical (unpaired) electrons. The Labute approximate surface area is 189 Å². The number of hydrogen-bond acceptors (Lipinski definition) is 5. The van der Waals surface area contributed by atoms with Crippen molar-refractivity contribution in [2.24, 2.45) is 0 Å². The number of aryl methyl sites for hydroxylation is 2. The SMILES string of the molecule is CCOc1ccc(CCC(=O)N2CCC3(CC2)CC(=O)c2cc(C)ccc2O3)cc1OC. The van der Waals surface area contributed by atoms with E-state index in [1.807, 2.05) is 55.1 Å². The smallest absolute Gasteiger partial charge is 0.222 e. The second-order valence-corrected chi connectivity index (χ2v) is 8.68. The van der Waals surface area contributed by atoms with Gasteiger partial charge in [0.2, 0.25) is 5.91 Å². The largest absolute Gasteiger partial charge is 0.493 e. The van der Waals surface area contributed by atoms with Crippen molar-refractivity contribution in [2.75, 3.05) is 26.8 Å². The van der Waals surface area contributed by atoms with Crippen molar-refractivity contribution < 1.29 is 23.8 Å². The number of carbonyl (C=O) groups is 2. The zero-order chi connectivity index (χ0) is 22.7. The van der Waals surface area contributed by atoms with E-state index in [4.69, 9.17) is 14.2 Å². The Hall–Kier alpha value is -3.02. The van der Waals surface area contributed by atoms with E-state index in [-0.39, 0.29) is 11.7 Å². The second kappa shape index (κ2) is 9.23. The van der Waals surface area contributed by atoms with Crippen molar-refractivity contribution in [1.29, 1.82) is 0 Å². The van der Waals surface area contributed by atoms with E-state index in [0.717, 1.165) is 11.1 Å². The van der Waals surface area contributed by atoms with E-state index in [0.29, 0.717) is 74.6 Å². The predicted molar refractivity (Wildman–Crippen MR) is 122 cm³/mol. The maximum absolute atomic E-state index is 12.8. The lowest BCUT2D eigenvalue weighted by atomic mass is 9.82. The third kappa shape index (κ3) is 4.59. The Morgan fingerprint density at radius 3 is 2.62 bits per heavy atom. The van der Waals surface area contributed by atoms with E-state index in [9.17, 15) is 9.59 Å². The van der Waals surface area contributed by atoms with Gasteiger partial charge in [0.05, 0.1) is 25.7 Å². The Bertz CT molecular complexity index is 1010. The summed E-state index contributed by atoms with van der Waals surface area (Å²) in [5, 5.41) is 0.